The van der Waals surface area contributed by atoms with Crippen molar-refractivity contribution < 1.29 is 4.42 Å². The molecule has 0 radical (unpaired) electrons. The Labute approximate surface area is 165 Å². The third kappa shape index (κ3) is 7.91. The molecule has 1 aromatic heterocycles. The van der Waals surface area contributed by atoms with Gasteiger partial charge in [-0.3, -0.25) is 0 Å². The van der Waals surface area contributed by atoms with Crippen molar-refractivity contribution in [3.63, 3.8) is 0 Å². The molecular formula is C21H39N5O. The van der Waals surface area contributed by atoms with Gasteiger partial charge in [0.25, 0.3) is 0 Å². The first-order valence-electron chi connectivity index (χ1n) is 10.6. The highest BCUT2D eigenvalue weighted by Crippen LogP contribution is 2.22. The van der Waals surface area contributed by atoms with Crippen LogP contribution in [0.25, 0.3) is 0 Å². The molecule has 1 aliphatic rings. The third-order valence-electron chi connectivity index (χ3n) is 5.08. The first kappa shape index (κ1) is 21.7. The zero-order valence-corrected chi connectivity index (χ0v) is 18.0. The first-order valence-corrected chi connectivity index (χ1v) is 10.6. The van der Waals surface area contributed by atoms with Crippen molar-refractivity contribution in [1.29, 1.82) is 0 Å². The van der Waals surface area contributed by atoms with Gasteiger partial charge in [-0.15, -0.1) is 0 Å². The zero-order chi connectivity index (χ0) is 19.7. The van der Waals surface area contributed by atoms with Gasteiger partial charge in [-0.2, -0.15) is 0 Å². The average molecular weight is 378 g/mol. The van der Waals surface area contributed by atoms with Crippen molar-refractivity contribution in [3.8, 4) is 0 Å². The lowest BCUT2D eigenvalue weighted by molar-refractivity contribution is 0.189. The molecule has 0 atom stereocenters. The maximum atomic E-state index is 5.82. The summed E-state index contributed by atoms with van der Waals surface area (Å²) in [5.41, 5.74) is -0.0237. The maximum absolute atomic E-state index is 5.82. The number of guanidine groups is 1. The third-order valence-corrected chi connectivity index (χ3v) is 5.08. The molecule has 2 heterocycles. The van der Waals surface area contributed by atoms with Crippen molar-refractivity contribution in [2.24, 2.45) is 10.9 Å². The monoisotopic (exact) mass is 377 g/mol. The summed E-state index contributed by atoms with van der Waals surface area (Å²) in [6, 6.07) is 0. The van der Waals surface area contributed by atoms with E-state index in [0.29, 0.717) is 12.4 Å². The SMILES string of the molecule is CCNC(=NCc1ncc(C(C)(C)C)o1)NCCCCN1CCC(C)CC1. The van der Waals surface area contributed by atoms with Gasteiger partial charge in [0.05, 0.1) is 6.20 Å². The summed E-state index contributed by atoms with van der Waals surface area (Å²) in [7, 11) is 0. The molecule has 0 spiro atoms. The van der Waals surface area contributed by atoms with E-state index in [1.54, 1.807) is 0 Å². The van der Waals surface area contributed by atoms with Crippen LogP contribution in [0.15, 0.2) is 15.6 Å². The lowest BCUT2D eigenvalue weighted by Crippen LogP contribution is -2.38. The summed E-state index contributed by atoms with van der Waals surface area (Å²) in [5, 5.41) is 6.72. The topological polar surface area (TPSA) is 65.7 Å². The first-order chi connectivity index (χ1) is 12.9. The molecule has 1 saturated heterocycles. The van der Waals surface area contributed by atoms with Gasteiger partial charge in [-0.1, -0.05) is 27.7 Å². The molecule has 0 aromatic carbocycles. The molecule has 0 amide bonds. The normalized spacial score (nSPS) is 17.3. The summed E-state index contributed by atoms with van der Waals surface area (Å²) in [6.45, 7) is 16.8. The summed E-state index contributed by atoms with van der Waals surface area (Å²) in [6.07, 6.45) is 6.91. The molecule has 6 heteroatoms. The summed E-state index contributed by atoms with van der Waals surface area (Å²) < 4.78 is 5.82. The highest BCUT2D eigenvalue weighted by Gasteiger charge is 2.19. The Balaban J connectivity index is 1.69. The van der Waals surface area contributed by atoms with Crippen LogP contribution in [0.5, 0.6) is 0 Å². The van der Waals surface area contributed by atoms with Crippen LogP contribution in [0.4, 0.5) is 0 Å². The summed E-state index contributed by atoms with van der Waals surface area (Å²) in [5.74, 6) is 3.30. The van der Waals surface area contributed by atoms with Gasteiger partial charge in [0.2, 0.25) is 5.89 Å². The van der Waals surface area contributed by atoms with Crippen LogP contribution in [0, 0.1) is 5.92 Å². The van der Waals surface area contributed by atoms with E-state index in [1.165, 1.54) is 38.9 Å². The number of oxazole rings is 1. The fourth-order valence-corrected chi connectivity index (χ4v) is 3.17. The minimum Gasteiger partial charge on any atom is -0.443 e. The lowest BCUT2D eigenvalue weighted by Gasteiger charge is -2.30. The van der Waals surface area contributed by atoms with Gasteiger partial charge in [0, 0.05) is 18.5 Å². The Bertz CT molecular complexity index is 567. The van der Waals surface area contributed by atoms with E-state index in [0.717, 1.165) is 37.1 Å². The van der Waals surface area contributed by atoms with Crippen LogP contribution in [0.3, 0.4) is 0 Å². The lowest BCUT2D eigenvalue weighted by atomic mass is 9.94. The zero-order valence-electron chi connectivity index (χ0n) is 18.0. The van der Waals surface area contributed by atoms with E-state index in [1.807, 2.05) is 6.20 Å². The van der Waals surface area contributed by atoms with Crippen LogP contribution in [-0.4, -0.2) is 48.6 Å². The Morgan fingerprint density at radius 3 is 2.63 bits per heavy atom. The molecule has 1 aliphatic heterocycles. The summed E-state index contributed by atoms with van der Waals surface area (Å²) >= 11 is 0. The molecule has 0 bridgehead atoms. The molecule has 2 rings (SSSR count). The second-order valence-electron chi connectivity index (χ2n) is 8.72. The van der Waals surface area contributed by atoms with Crippen molar-refractivity contribution >= 4 is 5.96 Å². The number of likely N-dealkylation sites (tertiary alicyclic amines) is 1. The van der Waals surface area contributed by atoms with Gasteiger partial charge in [-0.05, 0) is 58.2 Å². The van der Waals surface area contributed by atoms with E-state index in [4.69, 9.17) is 4.42 Å². The Morgan fingerprint density at radius 2 is 2.00 bits per heavy atom. The van der Waals surface area contributed by atoms with E-state index in [9.17, 15) is 0 Å². The van der Waals surface area contributed by atoms with Crippen LogP contribution >= 0.6 is 0 Å². The van der Waals surface area contributed by atoms with Gasteiger partial charge in [0.1, 0.15) is 12.3 Å². The molecule has 0 saturated carbocycles. The average Bonchev–Trinajstić information content (AvgIpc) is 3.10. The molecule has 0 unspecified atom stereocenters. The number of hydrogen-bond donors (Lipinski definition) is 2. The number of nitrogens with one attached hydrogen (secondary N) is 2. The number of rotatable bonds is 8. The van der Waals surface area contributed by atoms with E-state index in [2.05, 4.69) is 60.1 Å². The number of piperidine rings is 1. The van der Waals surface area contributed by atoms with Crippen molar-refractivity contribution in [2.75, 3.05) is 32.7 Å². The molecule has 27 heavy (non-hydrogen) atoms. The fraction of sp³-hybridized carbons (Fsp3) is 0.810. The van der Waals surface area contributed by atoms with Crippen LogP contribution in [0.2, 0.25) is 0 Å². The highest BCUT2D eigenvalue weighted by molar-refractivity contribution is 5.79. The molecular weight excluding hydrogens is 338 g/mol. The fourth-order valence-electron chi connectivity index (χ4n) is 3.17. The van der Waals surface area contributed by atoms with Crippen LogP contribution in [0.1, 0.15) is 72.0 Å². The second-order valence-corrected chi connectivity index (χ2v) is 8.72. The maximum Gasteiger partial charge on any atom is 0.216 e. The van der Waals surface area contributed by atoms with Gasteiger partial charge < -0.3 is 20.0 Å². The van der Waals surface area contributed by atoms with E-state index < -0.39 is 0 Å². The van der Waals surface area contributed by atoms with E-state index >= 15 is 0 Å². The standard InChI is InChI=1S/C21H39N5O/c1-6-22-20(25-16-19-24-15-18(27-19)21(3,4)5)23-11-7-8-12-26-13-9-17(2)10-14-26/h15,17H,6-14,16H2,1-5H3,(H2,22,23,25). The molecule has 1 aromatic rings. The predicted octanol–water partition coefficient (Wildman–Crippen LogP) is 3.54. The van der Waals surface area contributed by atoms with E-state index in [-0.39, 0.29) is 5.41 Å². The highest BCUT2D eigenvalue weighted by atomic mass is 16.4. The van der Waals surface area contributed by atoms with Crippen LogP contribution < -0.4 is 10.6 Å². The Morgan fingerprint density at radius 1 is 1.26 bits per heavy atom. The van der Waals surface area contributed by atoms with Gasteiger partial charge in [-0.25, -0.2) is 9.98 Å². The van der Waals surface area contributed by atoms with Crippen LogP contribution in [-0.2, 0) is 12.0 Å². The second kappa shape index (κ2) is 10.7. The van der Waals surface area contributed by atoms with Crippen molar-refractivity contribution in [3.05, 3.63) is 17.8 Å². The molecule has 1 fully saturated rings. The quantitative estimate of drug-likeness (QED) is 0.412. The van der Waals surface area contributed by atoms with Crippen molar-refractivity contribution in [1.82, 2.24) is 20.5 Å². The Kier molecular flexibility index (Phi) is 8.61. The predicted molar refractivity (Wildman–Crippen MR) is 112 cm³/mol. The number of hydrogen-bond acceptors (Lipinski definition) is 4. The molecule has 2 N–H and O–H groups in total. The molecule has 154 valence electrons. The minimum absolute atomic E-state index is 0.0237. The Hall–Kier alpha value is -1.56. The van der Waals surface area contributed by atoms with Gasteiger partial charge in [0.15, 0.2) is 5.96 Å². The number of nitrogens with zero attached hydrogens (tertiary/aromatic N) is 3. The molecule has 0 aliphatic carbocycles. The number of aromatic nitrogens is 1. The molecule has 6 nitrogen and oxygen atoms in total. The van der Waals surface area contributed by atoms with Crippen molar-refractivity contribution in [2.45, 2.75) is 72.3 Å². The smallest absolute Gasteiger partial charge is 0.216 e. The van der Waals surface area contributed by atoms with Gasteiger partial charge >= 0.3 is 0 Å². The summed E-state index contributed by atoms with van der Waals surface area (Å²) in [4.78, 5) is 11.6. The number of unbranched alkanes of at least 4 members (excludes halogenated alkanes) is 1. The largest absolute Gasteiger partial charge is 0.443 e. The minimum atomic E-state index is -0.0237. The number of aliphatic imine (C=N–C) groups is 1.